The molecule has 19 heavy (non-hydrogen) atoms. The molecule has 0 aliphatic carbocycles. The number of benzene rings is 1. The molecule has 0 saturated carbocycles. The Morgan fingerprint density at radius 1 is 1.47 bits per heavy atom. The third-order valence-electron chi connectivity index (χ3n) is 3.29. The van der Waals surface area contributed by atoms with Gasteiger partial charge in [0.1, 0.15) is 10.4 Å². The SMILES string of the molecule is CN(C1(C#N)CCOC1)S(=O)(=O)c1ccccc1Cl. The number of hydrogen-bond acceptors (Lipinski definition) is 4. The summed E-state index contributed by atoms with van der Waals surface area (Å²) < 4.78 is 31.3. The van der Waals surface area contributed by atoms with Crippen molar-refractivity contribution in [2.45, 2.75) is 16.9 Å². The van der Waals surface area contributed by atoms with Gasteiger partial charge in [-0.1, -0.05) is 23.7 Å². The van der Waals surface area contributed by atoms with Crippen LogP contribution in [0.15, 0.2) is 29.2 Å². The molecule has 1 aliphatic rings. The second kappa shape index (κ2) is 5.10. The molecule has 102 valence electrons. The van der Waals surface area contributed by atoms with Crippen LogP contribution in [-0.4, -0.2) is 38.5 Å². The maximum Gasteiger partial charge on any atom is 0.245 e. The van der Waals surface area contributed by atoms with Crippen LogP contribution in [0, 0.1) is 11.3 Å². The lowest BCUT2D eigenvalue weighted by Gasteiger charge is -2.30. The van der Waals surface area contributed by atoms with Crippen molar-refractivity contribution < 1.29 is 13.2 Å². The van der Waals surface area contributed by atoms with E-state index in [1.54, 1.807) is 12.1 Å². The number of sulfonamides is 1. The molecule has 0 radical (unpaired) electrons. The predicted molar refractivity (Wildman–Crippen MR) is 70.2 cm³/mol. The molecule has 1 heterocycles. The minimum absolute atomic E-state index is 0.000640. The minimum atomic E-state index is -3.82. The molecule has 2 rings (SSSR count). The van der Waals surface area contributed by atoms with Crippen LogP contribution in [0.3, 0.4) is 0 Å². The molecule has 1 unspecified atom stereocenters. The minimum Gasteiger partial charge on any atom is -0.378 e. The molecule has 0 spiro atoms. The Bertz CT molecular complexity index is 618. The van der Waals surface area contributed by atoms with Crippen LogP contribution in [0.1, 0.15) is 6.42 Å². The van der Waals surface area contributed by atoms with Gasteiger partial charge in [-0.15, -0.1) is 0 Å². The number of hydrogen-bond donors (Lipinski definition) is 0. The molecule has 1 atom stereocenters. The van der Waals surface area contributed by atoms with Crippen LogP contribution in [-0.2, 0) is 14.8 Å². The maximum absolute atomic E-state index is 12.5. The Balaban J connectivity index is 2.46. The largest absolute Gasteiger partial charge is 0.378 e. The van der Waals surface area contributed by atoms with Gasteiger partial charge in [-0.3, -0.25) is 0 Å². The molecule has 1 fully saturated rings. The number of halogens is 1. The summed E-state index contributed by atoms with van der Waals surface area (Å²) >= 11 is 5.93. The van der Waals surface area contributed by atoms with Crippen molar-refractivity contribution in [1.82, 2.24) is 4.31 Å². The van der Waals surface area contributed by atoms with Gasteiger partial charge >= 0.3 is 0 Å². The van der Waals surface area contributed by atoms with E-state index >= 15 is 0 Å². The monoisotopic (exact) mass is 300 g/mol. The van der Waals surface area contributed by atoms with Crippen molar-refractivity contribution in [3.8, 4) is 6.07 Å². The average molecular weight is 301 g/mol. The highest BCUT2D eigenvalue weighted by molar-refractivity contribution is 7.89. The summed E-state index contributed by atoms with van der Waals surface area (Å²) in [5.74, 6) is 0. The molecule has 5 nitrogen and oxygen atoms in total. The van der Waals surface area contributed by atoms with Crippen molar-refractivity contribution in [2.75, 3.05) is 20.3 Å². The molecular weight excluding hydrogens is 288 g/mol. The van der Waals surface area contributed by atoms with Gasteiger partial charge in [-0.2, -0.15) is 9.57 Å². The van der Waals surface area contributed by atoms with Crippen LogP contribution in [0.5, 0.6) is 0 Å². The van der Waals surface area contributed by atoms with Crippen LogP contribution in [0.4, 0.5) is 0 Å². The van der Waals surface area contributed by atoms with Crippen LogP contribution < -0.4 is 0 Å². The molecular formula is C12H13ClN2O3S. The molecule has 0 bridgehead atoms. The molecule has 0 N–H and O–H groups in total. The number of rotatable bonds is 3. The van der Waals surface area contributed by atoms with E-state index in [4.69, 9.17) is 16.3 Å². The van der Waals surface area contributed by atoms with Gasteiger partial charge in [-0.05, 0) is 12.1 Å². The Morgan fingerprint density at radius 3 is 2.68 bits per heavy atom. The number of nitrogens with zero attached hydrogens (tertiary/aromatic N) is 2. The van der Waals surface area contributed by atoms with E-state index in [0.29, 0.717) is 13.0 Å². The van der Waals surface area contributed by atoms with E-state index in [-0.39, 0.29) is 16.5 Å². The van der Waals surface area contributed by atoms with Crippen LogP contribution >= 0.6 is 11.6 Å². The molecule has 1 aromatic carbocycles. The van der Waals surface area contributed by atoms with Gasteiger partial charge in [0.05, 0.1) is 17.7 Å². The summed E-state index contributed by atoms with van der Waals surface area (Å²) in [5, 5.41) is 9.44. The zero-order chi connectivity index (χ0) is 14.1. The Morgan fingerprint density at radius 2 is 2.16 bits per heavy atom. The first kappa shape index (κ1) is 14.3. The van der Waals surface area contributed by atoms with Gasteiger partial charge in [-0.25, -0.2) is 8.42 Å². The first-order valence-corrected chi connectivity index (χ1v) is 7.48. The lowest BCUT2D eigenvalue weighted by Crippen LogP contribution is -2.49. The fourth-order valence-corrected chi connectivity index (χ4v) is 3.93. The fraction of sp³-hybridized carbons (Fsp3) is 0.417. The molecule has 1 aromatic rings. The Kier molecular flexibility index (Phi) is 3.83. The highest BCUT2D eigenvalue weighted by Crippen LogP contribution is 2.32. The van der Waals surface area contributed by atoms with Gasteiger partial charge in [0.25, 0.3) is 0 Å². The van der Waals surface area contributed by atoms with Gasteiger partial charge in [0.2, 0.25) is 10.0 Å². The zero-order valence-electron chi connectivity index (χ0n) is 10.3. The molecule has 0 aromatic heterocycles. The second-order valence-corrected chi connectivity index (χ2v) is 6.69. The highest BCUT2D eigenvalue weighted by atomic mass is 35.5. The third-order valence-corrected chi connectivity index (χ3v) is 5.71. The summed E-state index contributed by atoms with van der Waals surface area (Å²) in [7, 11) is -2.44. The summed E-state index contributed by atoms with van der Waals surface area (Å²) in [5.41, 5.74) is -1.15. The van der Waals surface area contributed by atoms with Crippen molar-refractivity contribution in [1.29, 1.82) is 5.26 Å². The fourth-order valence-electron chi connectivity index (χ4n) is 1.99. The summed E-state index contributed by atoms with van der Waals surface area (Å²) in [4.78, 5) is 0.000640. The average Bonchev–Trinajstić information content (AvgIpc) is 2.88. The maximum atomic E-state index is 12.5. The first-order valence-electron chi connectivity index (χ1n) is 5.67. The third kappa shape index (κ3) is 2.35. The zero-order valence-corrected chi connectivity index (χ0v) is 11.9. The first-order chi connectivity index (χ1) is 8.94. The second-order valence-electron chi connectivity index (χ2n) is 4.35. The van der Waals surface area contributed by atoms with E-state index < -0.39 is 15.6 Å². The van der Waals surface area contributed by atoms with Crippen LogP contribution in [0.2, 0.25) is 5.02 Å². The van der Waals surface area contributed by atoms with Gasteiger partial charge in [0, 0.05) is 20.1 Å². The number of nitriles is 1. The number of ether oxygens (including phenoxy) is 1. The van der Waals surface area contributed by atoms with E-state index in [1.807, 2.05) is 0 Å². The van der Waals surface area contributed by atoms with Crippen molar-refractivity contribution >= 4 is 21.6 Å². The lowest BCUT2D eigenvalue weighted by atomic mass is 10.0. The highest BCUT2D eigenvalue weighted by Gasteiger charge is 2.45. The van der Waals surface area contributed by atoms with Gasteiger partial charge < -0.3 is 4.74 Å². The standard InChI is InChI=1S/C12H13ClN2O3S/c1-15(12(8-14)6-7-18-9-12)19(16,17)11-5-3-2-4-10(11)13/h2-5H,6-7,9H2,1H3. The summed E-state index contributed by atoms with van der Waals surface area (Å²) in [6.45, 7) is 0.444. The number of likely N-dealkylation sites (N-methyl/N-ethyl adjacent to an activating group) is 1. The predicted octanol–water partition coefficient (Wildman–Crippen LogP) is 1.64. The molecule has 1 saturated heterocycles. The van der Waals surface area contributed by atoms with Crippen LogP contribution in [0.25, 0.3) is 0 Å². The van der Waals surface area contributed by atoms with E-state index in [1.165, 1.54) is 19.2 Å². The topological polar surface area (TPSA) is 70.4 Å². The summed E-state index contributed by atoms with van der Waals surface area (Å²) in [6.07, 6.45) is 0.351. The smallest absolute Gasteiger partial charge is 0.245 e. The Labute approximate surface area is 117 Å². The van der Waals surface area contributed by atoms with Gasteiger partial charge in [0.15, 0.2) is 0 Å². The van der Waals surface area contributed by atoms with Crippen molar-refractivity contribution in [3.63, 3.8) is 0 Å². The molecule has 1 aliphatic heterocycles. The summed E-state index contributed by atoms with van der Waals surface area (Å²) in [6, 6.07) is 8.23. The molecule has 7 heteroatoms. The van der Waals surface area contributed by atoms with E-state index in [0.717, 1.165) is 4.31 Å². The van der Waals surface area contributed by atoms with Crippen molar-refractivity contribution in [3.05, 3.63) is 29.3 Å². The van der Waals surface area contributed by atoms with E-state index in [2.05, 4.69) is 6.07 Å². The lowest BCUT2D eigenvalue weighted by molar-refractivity contribution is 0.162. The van der Waals surface area contributed by atoms with E-state index in [9.17, 15) is 13.7 Å². The Hall–Kier alpha value is -1.13. The van der Waals surface area contributed by atoms with Crippen molar-refractivity contribution in [2.24, 2.45) is 0 Å². The quantitative estimate of drug-likeness (QED) is 0.851. The molecule has 0 amide bonds. The normalized spacial score (nSPS) is 23.5.